The van der Waals surface area contributed by atoms with Crippen LogP contribution in [0.3, 0.4) is 0 Å². The van der Waals surface area contributed by atoms with E-state index in [2.05, 4.69) is 38.5 Å². The van der Waals surface area contributed by atoms with Gasteiger partial charge >= 0.3 is 0 Å². The molecule has 0 aliphatic carbocycles. The van der Waals surface area contributed by atoms with Gasteiger partial charge in [0.2, 0.25) is 0 Å². The van der Waals surface area contributed by atoms with Crippen LogP contribution >= 0.6 is 0 Å². The van der Waals surface area contributed by atoms with Crippen molar-refractivity contribution in [1.82, 2.24) is 10.9 Å². The molecule has 0 aromatic heterocycles. The van der Waals surface area contributed by atoms with Crippen molar-refractivity contribution in [1.29, 1.82) is 0 Å². The molecule has 2 N–H and O–H groups in total. The zero-order chi connectivity index (χ0) is 8.74. The molecule has 0 heterocycles. The van der Waals surface area contributed by atoms with Gasteiger partial charge in [0.1, 0.15) is 0 Å². The van der Waals surface area contributed by atoms with Crippen LogP contribution in [0.25, 0.3) is 0 Å². The lowest BCUT2D eigenvalue weighted by Crippen LogP contribution is -2.49. The second-order valence-electron chi connectivity index (χ2n) is 3.32. The Bertz CT molecular complexity index is 87.6. The van der Waals surface area contributed by atoms with Crippen molar-refractivity contribution in [3.05, 3.63) is 0 Å². The van der Waals surface area contributed by atoms with Crippen LogP contribution in [0.15, 0.2) is 0 Å². The quantitative estimate of drug-likeness (QED) is 0.457. The Morgan fingerprint density at radius 2 is 1.64 bits per heavy atom. The molecule has 0 atom stereocenters. The lowest BCUT2D eigenvalue weighted by Gasteiger charge is -2.28. The van der Waals surface area contributed by atoms with E-state index in [4.69, 9.17) is 0 Å². The van der Waals surface area contributed by atoms with Gasteiger partial charge in [-0.25, -0.2) is 0 Å². The summed E-state index contributed by atoms with van der Waals surface area (Å²) in [6.07, 6.45) is 3.51. The minimum Gasteiger partial charge on any atom is -0.257 e. The van der Waals surface area contributed by atoms with Gasteiger partial charge in [-0.2, -0.15) is 0 Å². The van der Waals surface area contributed by atoms with Gasteiger partial charge in [-0.1, -0.05) is 20.8 Å². The summed E-state index contributed by atoms with van der Waals surface area (Å²) in [6, 6.07) is 0. The minimum atomic E-state index is 0.273. The van der Waals surface area contributed by atoms with Crippen LogP contribution in [0, 0.1) is 0 Å². The summed E-state index contributed by atoms with van der Waals surface area (Å²) in [6.45, 7) is 9.89. The molecule has 0 radical (unpaired) electrons. The Balaban J connectivity index is 3.51. The highest BCUT2D eigenvalue weighted by atomic mass is 15.4. The molecule has 0 amide bonds. The van der Waals surface area contributed by atoms with Gasteiger partial charge in [-0.05, 0) is 26.2 Å². The maximum Gasteiger partial charge on any atom is 0.0290 e. The summed E-state index contributed by atoms with van der Waals surface area (Å²) < 4.78 is 0. The minimum absolute atomic E-state index is 0.273. The van der Waals surface area contributed by atoms with E-state index in [0.29, 0.717) is 0 Å². The van der Waals surface area contributed by atoms with Gasteiger partial charge in [0.25, 0.3) is 0 Å². The third-order valence-corrected chi connectivity index (χ3v) is 2.33. The van der Waals surface area contributed by atoms with E-state index in [1.807, 2.05) is 0 Å². The fraction of sp³-hybridized carbons (Fsp3) is 1.00. The monoisotopic (exact) mass is 158 g/mol. The maximum absolute atomic E-state index is 3.35. The summed E-state index contributed by atoms with van der Waals surface area (Å²) in [4.78, 5) is 0. The zero-order valence-electron chi connectivity index (χ0n) is 8.33. The lowest BCUT2D eigenvalue weighted by molar-refractivity contribution is 0.285. The standard InChI is InChI=1S/C9H22N2/c1-5-8-10-11-9(4,6-2)7-3/h10-11H,5-8H2,1-4H3. The van der Waals surface area contributed by atoms with Crippen LogP contribution in [0.5, 0.6) is 0 Å². The molecule has 0 aliphatic heterocycles. The van der Waals surface area contributed by atoms with E-state index in [9.17, 15) is 0 Å². The Hall–Kier alpha value is -0.0800. The molecule has 0 saturated carbocycles. The summed E-state index contributed by atoms with van der Waals surface area (Å²) in [7, 11) is 0. The molecular weight excluding hydrogens is 136 g/mol. The van der Waals surface area contributed by atoms with Crippen LogP contribution in [0.4, 0.5) is 0 Å². The van der Waals surface area contributed by atoms with Crippen molar-refractivity contribution < 1.29 is 0 Å². The molecule has 0 aromatic carbocycles. The average molecular weight is 158 g/mol. The molecule has 0 rings (SSSR count). The third-order valence-electron chi connectivity index (χ3n) is 2.33. The topological polar surface area (TPSA) is 24.1 Å². The summed E-state index contributed by atoms with van der Waals surface area (Å²) in [5, 5.41) is 0. The van der Waals surface area contributed by atoms with Crippen LogP contribution in [-0.4, -0.2) is 12.1 Å². The first-order valence-electron chi connectivity index (χ1n) is 4.68. The van der Waals surface area contributed by atoms with Crippen LogP contribution in [0.2, 0.25) is 0 Å². The van der Waals surface area contributed by atoms with Crippen molar-refractivity contribution in [2.75, 3.05) is 6.54 Å². The SMILES string of the molecule is CCCNNC(C)(CC)CC. The van der Waals surface area contributed by atoms with Crippen molar-refractivity contribution >= 4 is 0 Å². The van der Waals surface area contributed by atoms with Crippen LogP contribution in [0.1, 0.15) is 47.0 Å². The van der Waals surface area contributed by atoms with Gasteiger partial charge in [0.05, 0.1) is 0 Å². The van der Waals surface area contributed by atoms with Crippen LogP contribution < -0.4 is 10.9 Å². The van der Waals surface area contributed by atoms with Gasteiger partial charge < -0.3 is 0 Å². The highest BCUT2D eigenvalue weighted by Crippen LogP contribution is 2.11. The van der Waals surface area contributed by atoms with Gasteiger partial charge in [0.15, 0.2) is 0 Å². The average Bonchev–Trinajstić information content (AvgIpc) is 2.05. The predicted octanol–water partition coefficient (Wildman–Crippen LogP) is 2.07. The maximum atomic E-state index is 3.35. The zero-order valence-corrected chi connectivity index (χ0v) is 8.33. The molecule has 68 valence electrons. The first kappa shape index (κ1) is 10.9. The van der Waals surface area contributed by atoms with E-state index < -0.39 is 0 Å². The summed E-state index contributed by atoms with van der Waals surface area (Å²) >= 11 is 0. The van der Waals surface area contributed by atoms with E-state index in [1.54, 1.807) is 0 Å². The number of nitrogens with one attached hydrogen (secondary N) is 2. The smallest absolute Gasteiger partial charge is 0.0290 e. The Kier molecular flexibility index (Phi) is 5.51. The molecule has 11 heavy (non-hydrogen) atoms. The van der Waals surface area contributed by atoms with Gasteiger partial charge in [-0.3, -0.25) is 10.9 Å². The largest absolute Gasteiger partial charge is 0.257 e. The van der Waals surface area contributed by atoms with E-state index in [0.717, 1.165) is 6.54 Å². The van der Waals surface area contributed by atoms with Crippen molar-refractivity contribution in [3.8, 4) is 0 Å². The predicted molar refractivity (Wildman–Crippen MR) is 50.4 cm³/mol. The number of hydrazine groups is 1. The number of hydrogen-bond acceptors (Lipinski definition) is 2. The summed E-state index contributed by atoms with van der Waals surface area (Å²) in [5.74, 6) is 0. The first-order chi connectivity index (χ1) is 5.18. The normalized spacial score (nSPS) is 12.0. The Morgan fingerprint density at radius 3 is 2.00 bits per heavy atom. The number of rotatable bonds is 6. The molecule has 0 fully saturated rings. The fourth-order valence-electron chi connectivity index (χ4n) is 0.828. The second kappa shape index (κ2) is 5.56. The van der Waals surface area contributed by atoms with Crippen molar-refractivity contribution in [3.63, 3.8) is 0 Å². The Labute approximate surface area is 70.7 Å². The Morgan fingerprint density at radius 1 is 1.09 bits per heavy atom. The molecule has 2 heteroatoms. The fourth-order valence-corrected chi connectivity index (χ4v) is 0.828. The number of hydrogen-bond donors (Lipinski definition) is 2. The van der Waals surface area contributed by atoms with E-state index >= 15 is 0 Å². The molecule has 2 nitrogen and oxygen atoms in total. The highest BCUT2D eigenvalue weighted by Gasteiger charge is 2.17. The molecule has 0 aromatic rings. The summed E-state index contributed by atoms with van der Waals surface area (Å²) in [5.41, 5.74) is 6.85. The van der Waals surface area contributed by atoms with Gasteiger partial charge in [-0.15, -0.1) is 0 Å². The van der Waals surface area contributed by atoms with E-state index in [-0.39, 0.29) is 5.54 Å². The lowest BCUT2D eigenvalue weighted by atomic mass is 9.97. The molecule has 0 saturated heterocycles. The molecule has 0 unspecified atom stereocenters. The highest BCUT2D eigenvalue weighted by molar-refractivity contribution is 4.77. The van der Waals surface area contributed by atoms with Gasteiger partial charge in [0, 0.05) is 12.1 Å². The second-order valence-corrected chi connectivity index (χ2v) is 3.32. The molecule has 0 aliphatic rings. The molecular formula is C9H22N2. The van der Waals surface area contributed by atoms with E-state index in [1.165, 1.54) is 19.3 Å². The first-order valence-corrected chi connectivity index (χ1v) is 4.68. The molecule has 0 bridgehead atoms. The van der Waals surface area contributed by atoms with Crippen molar-refractivity contribution in [2.24, 2.45) is 0 Å². The van der Waals surface area contributed by atoms with Crippen molar-refractivity contribution in [2.45, 2.75) is 52.5 Å². The molecule has 0 spiro atoms. The van der Waals surface area contributed by atoms with Crippen LogP contribution in [-0.2, 0) is 0 Å². The third kappa shape index (κ3) is 4.38.